The molecule has 1 aliphatic carbocycles. The highest BCUT2D eigenvalue weighted by molar-refractivity contribution is 6.16. The summed E-state index contributed by atoms with van der Waals surface area (Å²) >= 11 is 0. The van der Waals surface area contributed by atoms with Crippen molar-refractivity contribution in [2.24, 2.45) is 0 Å². The minimum atomic E-state index is -0.704. The molecule has 2 aromatic carbocycles. The molecule has 31 heavy (non-hydrogen) atoms. The second-order valence-electron chi connectivity index (χ2n) is 8.02. The van der Waals surface area contributed by atoms with Crippen LogP contribution in [0.2, 0.25) is 0 Å². The number of anilines is 2. The van der Waals surface area contributed by atoms with Crippen molar-refractivity contribution in [1.82, 2.24) is 9.97 Å². The molecule has 0 spiro atoms. The Labute approximate surface area is 179 Å². The molecule has 0 amide bonds. The Morgan fingerprint density at radius 2 is 1.81 bits per heavy atom. The number of nitrogens with one attached hydrogen (secondary N) is 2. The molecule has 2 atom stereocenters. The summed E-state index contributed by atoms with van der Waals surface area (Å²) in [5, 5.41) is 22.2. The zero-order valence-electron chi connectivity index (χ0n) is 17.1. The van der Waals surface area contributed by atoms with E-state index in [-0.39, 0.29) is 23.4 Å². The average Bonchev–Trinajstić information content (AvgIpc) is 3.08. The number of rotatable bonds is 6. The molecule has 160 valence electrons. The molecule has 1 fully saturated rings. The minimum Gasteiger partial charge on any atom is -0.457 e. The van der Waals surface area contributed by atoms with Gasteiger partial charge >= 0.3 is 0 Å². The van der Waals surface area contributed by atoms with E-state index in [1.807, 2.05) is 6.92 Å². The van der Waals surface area contributed by atoms with Gasteiger partial charge in [0.25, 0.3) is 0 Å². The molecular formula is C23H24FN5O2. The van der Waals surface area contributed by atoms with Crippen LogP contribution in [0.5, 0.6) is 11.5 Å². The number of aliphatic hydroxyl groups is 1. The number of hydrogen-bond donors (Lipinski definition) is 4. The van der Waals surface area contributed by atoms with E-state index in [0.717, 1.165) is 6.42 Å². The Morgan fingerprint density at radius 1 is 1.16 bits per heavy atom. The molecule has 2 unspecified atom stereocenters. The van der Waals surface area contributed by atoms with Crippen LogP contribution in [0.3, 0.4) is 0 Å². The third-order valence-electron chi connectivity index (χ3n) is 5.38. The van der Waals surface area contributed by atoms with Crippen LogP contribution in [-0.4, -0.2) is 32.4 Å². The minimum absolute atomic E-state index is 0.0438. The summed E-state index contributed by atoms with van der Waals surface area (Å²) in [5.41, 5.74) is 6.61. The normalized spacial score (nSPS) is 20.4. The van der Waals surface area contributed by atoms with Crippen LogP contribution < -0.4 is 15.8 Å². The molecule has 1 aliphatic rings. The zero-order chi connectivity index (χ0) is 22.0. The highest BCUT2D eigenvalue weighted by atomic mass is 19.1. The van der Waals surface area contributed by atoms with Gasteiger partial charge in [-0.3, -0.25) is 5.41 Å². The van der Waals surface area contributed by atoms with Gasteiger partial charge in [-0.05, 0) is 74.7 Å². The molecule has 0 saturated heterocycles. The van der Waals surface area contributed by atoms with E-state index in [1.165, 1.54) is 18.5 Å². The van der Waals surface area contributed by atoms with Gasteiger partial charge in [0.15, 0.2) is 0 Å². The predicted octanol–water partition coefficient (Wildman–Crippen LogP) is 4.12. The molecule has 1 aromatic heterocycles. The van der Waals surface area contributed by atoms with Crippen LogP contribution in [0, 0.1) is 11.2 Å². The standard InChI is InChI=1S/C23H24FN5O2/c1-23(30)11-10-16(12-23)29-22-19(21(26)27-13-28-22)20(25)14-2-6-17(7-3-14)31-18-8-4-15(24)5-9-18/h2-9,13,16,25,30H,10-12H2,1H3,(H3,26,27,28,29). The van der Waals surface area contributed by atoms with Crippen LogP contribution in [0.15, 0.2) is 54.9 Å². The van der Waals surface area contributed by atoms with Crippen molar-refractivity contribution in [1.29, 1.82) is 5.41 Å². The fourth-order valence-electron chi connectivity index (χ4n) is 3.76. The molecule has 0 radical (unpaired) electrons. The van der Waals surface area contributed by atoms with E-state index >= 15 is 0 Å². The van der Waals surface area contributed by atoms with E-state index in [4.69, 9.17) is 15.9 Å². The summed E-state index contributed by atoms with van der Waals surface area (Å²) < 4.78 is 18.7. The van der Waals surface area contributed by atoms with Gasteiger partial charge in [0.2, 0.25) is 0 Å². The highest BCUT2D eigenvalue weighted by Crippen LogP contribution is 2.32. The monoisotopic (exact) mass is 421 g/mol. The van der Waals surface area contributed by atoms with Gasteiger partial charge in [0.1, 0.15) is 35.3 Å². The maximum Gasteiger partial charge on any atom is 0.141 e. The summed E-state index contributed by atoms with van der Waals surface area (Å²) in [6.45, 7) is 1.82. The predicted molar refractivity (Wildman–Crippen MR) is 117 cm³/mol. The molecule has 1 heterocycles. The van der Waals surface area contributed by atoms with E-state index < -0.39 is 5.60 Å². The molecule has 1 saturated carbocycles. The number of ether oxygens (including phenoxy) is 1. The Morgan fingerprint density at radius 3 is 2.42 bits per heavy atom. The number of nitrogens with two attached hydrogens (primary N) is 1. The molecule has 5 N–H and O–H groups in total. The van der Waals surface area contributed by atoms with Gasteiger partial charge in [-0.15, -0.1) is 0 Å². The van der Waals surface area contributed by atoms with Gasteiger partial charge < -0.3 is 20.9 Å². The number of benzene rings is 2. The number of aromatic nitrogens is 2. The first-order chi connectivity index (χ1) is 14.8. The molecular weight excluding hydrogens is 397 g/mol. The van der Waals surface area contributed by atoms with E-state index in [2.05, 4.69) is 15.3 Å². The number of halogens is 1. The lowest BCUT2D eigenvalue weighted by Gasteiger charge is -2.19. The average molecular weight is 421 g/mol. The summed E-state index contributed by atoms with van der Waals surface area (Å²) in [5.74, 6) is 1.44. The van der Waals surface area contributed by atoms with Crippen LogP contribution in [0.4, 0.5) is 16.0 Å². The maximum absolute atomic E-state index is 13.0. The molecule has 0 bridgehead atoms. The van der Waals surface area contributed by atoms with Crippen molar-refractivity contribution in [2.45, 2.75) is 37.8 Å². The lowest BCUT2D eigenvalue weighted by atomic mass is 10.0. The molecule has 3 aromatic rings. The van der Waals surface area contributed by atoms with Gasteiger partial charge in [-0.2, -0.15) is 0 Å². The van der Waals surface area contributed by atoms with Crippen molar-refractivity contribution in [3.63, 3.8) is 0 Å². The van der Waals surface area contributed by atoms with Crippen LogP contribution >= 0.6 is 0 Å². The number of nitrogens with zero attached hydrogens (tertiary/aromatic N) is 2. The first-order valence-electron chi connectivity index (χ1n) is 10.0. The lowest BCUT2D eigenvalue weighted by Crippen LogP contribution is -2.25. The van der Waals surface area contributed by atoms with Gasteiger partial charge in [-0.1, -0.05) is 0 Å². The summed E-state index contributed by atoms with van der Waals surface area (Å²) in [6, 6.07) is 12.8. The Bertz CT molecular complexity index is 1080. The van der Waals surface area contributed by atoms with Crippen LogP contribution in [-0.2, 0) is 0 Å². The Hall–Kier alpha value is -3.52. The third kappa shape index (κ3) is 4.80. The van der Waals surface area contributed by atoms with E-state index in [9.17, 15) is 9.50 Å². The van der Waals surface area contributed by atoms with Crippen LogP contribution in [0.25, 0.3) is 0 Å². The second-order valence-corrected chi connectivity index (χ2v) is 8.02. The quantitative estimate of drug-likeness (QED) is 0.445. The van der Waals surface area contributed by atoms with E-state index in [0.29, 0.717) is 41.3 Å². The number of hydrogen-bond acceptors (Lipinski definition) is 7. The van der Waals surface area contributed by atoms with E-state index in [1.54, 1.807) is 36.4 Å². The lowest BCUT2D eigenvalue weighted by molar-refractivity contribution is 0.0673. The SMILES string of the molecule is CC1(O)CCC(Nc2ncnc(N)c2C(=N)c2ccc(Oc3ccc(F)cc3)cc2)C1. The smallest absolute Gasteiger partial charge is 0.141 e. The van der Waals surface area contributed by atoms with Gasteiger partial charge in [0.05, 0.1) is 16.9 Å². The van der Waals surface area contributed by atoms with Gasteiger partial charge in [0, 0.05) is 11.6 Å². The summed E-state index contributed by atoms with van der Waals surface area (Å²) in [6.07, 6.45) is 3.47. The molecule has 8 heteroatoms. The fourth-order valence-corrected chi connectivity index (χ4v) is 3.76. The number of nitrogen functional groups attached to an aromatic ring is 1. The Balaban J connectivity index is 1.53. The first-order valence-corrected chi connectivity index (χ1v) is 10.0. The fraction of sp³-hybridized carbons (Fsp3) is 0.261. The Kier molecular flexibility index (Phi) is 5.56. The molecule has 7 nitrogen and oxygen atoms in total. The van der Waals surface area contributed by atoms with Crippen molar-refractivity contribution in [2.75, 3.05) is 11.1 Å². The van der Waals surface area contributed by atoms with Crippen molar-refractivity contribution in [3.05, 3.63) is 71.8 Å². The molecule has 4 rings (SSSR count). The van der Waals surface area contributed by atoms with Crippen LogP contribution in [0.1, 0.15) is 37.3 Å². The summed E-state index contributed by atoms with van der Waals surface area (Å²) in [4.78, 5) is 8.35. The largest absolute Gasteiger partial charge is 0.457 e. The third-order valence-corrected chi connectivity index (χ3v) is 5.38. The van der Waals surface area contributed by atoms with Gasteiger partial charge in [-0.25, -0.2) is 14.4 Å². The first kappa shape index (κ1) is 20.7. The second kappa shape index (κ2) is 8.31. The van der Waals surface area contributed by atoms with Crippen molar-refractivity contribution in [3.8, 4) is 11.5 Å². The molecule has 0 aliphatic heterocycles. The maximum atomic E-state index is 13.0. The zero-order valence-corrected chi connectivity index (χ0v) is 17.1. The topological polar surface area (TPSA) is 117 Å². The van der Waals surface area contributed by atoms with Crippen molar-refractivity contribution < 1.29 is 14.2 Å². The highest BCUT2D eigenvalue weighted by Gasteiger charge is 2.33. The van der Waals surface area contributed by atoms with Crippen molar-refractivity contribution >= 4 is 17.3 Å². The summed E-state index contributed by atoms with van der Waals surface area (Å²) in [7, 11) is 0.